The van der Waals surface area contributed by atoms with E-state index >= 15 is 0 Å². The second-order valence-electron chi connectivity index (χ2n) is 7.80. The Morgan fingerprint density at radius 3 is 2.41 bits per heavy atom. The van der Waals surface area contributed by atoms with Crippen LogP contribution in [-0.2, 0) is 27.0 Å². The number of aryl methyl sites for hydroxylation is 2. The van der Waals surface area contributed by atoms with Crippen LogP contribution in [0.2, 0.25) is 0 Å². The molecular weight excluding hydrogens is 384 g/mol. The first-order chi connectivity index (χ1) is 13.9. The van der Waals surface area contributed by atoms with Crippen molar-refractivity contribution in [1.82, 2.24) is 9.62 Å². The molecule has 1 heterocycles. The molecule has 5 nitrogen and oxygen atoms in total. The van der Waals surface area contributed by atoms with Crippen molar-refractivity contribution in [3.8, 4) is 0 Å². The molecule has 29 heavy (non-hydrogen) atoms. The summed E-state index contributed by atoms with van der Waals surface area (Å²) in [6, 6.07) is 17.7. The molecule has 0 radical (unpaired) electrons. The van der Waals surface area contributed by atoms with Crippen LogP contribution in [0.1, 0.15) is 36.0 Å². The van der Waals surface area contributed by atoms with E-state index in [2.05, 4.69) is 36.5 Å². The molecule has 1 aliphatic heterocycles. The van der Waals surface area contributed by atoms with Gasteiger partial charge in [0, 0.05) is 25.6 Å². The van der Waals surface area contributed by atoms with Crippen molar-refractivity contribution in [2.75, 3.05) is 19.6 Å². The maximum Gasteiger partial charge on any atom is 0.223 e. The first-order valence-corrected chi connectivity index (χ1v) is 11.9. The first kappa shape index (κ1) is 21.5. The fourth-order valence-corrected chi connectivity index (χ4v) is 5.35. The zero-order chi connectivity index (χ0) is 20.7. The summed E-state index contributed by atoms with van der Waals surface area (Å²) >= 11 is 0. The molecule has 156 valence electrons. The minimum Gasteiger partial charge on any atom is -0.356 e. The van der Waals surface area contributed by atoms with E-state index in [4.69, 9.17) is 0 Å². The van der Waals surface area contributed by atoms with Crippen molar-refractivity contribution in [3.05, 3.63) is 71.3 Å². The van der Waals surface area contributed by atoms with Gasteiger partial charge < -0.3 is 5.32 Å². The van der Waals surface area contributed by atoms with E-state index in [1.165, 1.54) is 15.4 Å². The van der Waals surface area contributed by atoms with E-state index in [1.54, 1.807) is 0 Å². The SMILES string of the molecule is Cc1cccc(CCCNC(=O)C2CCN(S(=O)(=O)Cc3ccccc3)CC2)c1. The molecule has 0 saturated carbocycles. The second kappa shape index (κ2) is 10.0. The van der Waals surface area contributed by atoms with Crippen molar-refractivity contribution in [1.29, 1.82) is 0 Å². The lowest BCUT2D eigenvalue weighted by Crippen LogP contribution is -2.43. The quantitative estimate of drug-likeness (QED) is 0.674. The molecule has 0 aliphatic carbocycles. The number of amides is 1. The first-order valence-electron chi connectivity index (χ1n) is 10.3. The summed E-state index contributed by atoms with van der Waals surface area (Å²) in [7, 11) is -3.34. The monoisotopic (exact) mass is 414 g/mol. The number of nitrogens with zero attached hydrogens (tertiary/aromatic N) is 1. The van der Waals surface area contributed by atoms with Crippen molar-refractivity contribution in [2.24, 2.45) is 5.92 Å². The van der Waals surface area contributed by atoms with Gasteiger partial charge in [-0.3, -0.25) is 4.79 Å². The van der Waals surface area contributed by atoms with Gasteiger partial charge in [0.1, 0.15) is 0 Å². The van der Waals surface area contributed by atoms with Gasteiger partial charge in [-0.2, -0.15) is 0 Å². The normalized spacial score (nSPS) is 15.9. The van der Waals surface area contributed by atoms with Crippen LogP contribution in [0.15, 0.2) is 54.6 Å². The molecular formula is C23H30N2O3S. The van der Waals surface area contributed by atoms with Crippen LogP contribution in [0.4, 0.5) is 0 Å². The Balaban J connectivity index is 1.40. The molecule has 0 aromatic heterocycles. The highest BCUT2D eigenvalue weighted by molar-refractivity contribution is 7.88. The highest BCUT2D eigenvalue weighted by Gasteiger charge is 2.30. The van der Waals surface area contributed by atoms with E-state index in [-0.39, 0.29) is 17.6 Å². The number of rotatable bonds is 8. The lowest BCUT2D eigenvalue weighted by molar-refractivity contribution is -0.126. The number of piperidine rings is 1. The van der Waals surface area contributed by atoms with Crippen LogP contribution in [-0.4, -0.2) is 38.3 Å². The number of benzene rings is 2. The fraction of sp³-hybridized carbons (Fsp3) is 0.435. The van der Waals surface area contributed by atoms with Crippen LogP contribution in [0, 0.1) is 12.8 Å². The van der Waals surface area contributed by atoms with Gasteiger partial charge in [0.2, 0.25) is 15.9 Å². The highest BCUT2D eigenvalue weighted by Crippen LogP contribution is 2.22. The Bertz CT molecular complexity index is 905. The maximum atomic E-state index is 12.6. The molecule has 1 saturated heterocycles. The number of sulfonamides is 1. The molecule has 0 atom stereocenters. The molecule has 1 amide bonds. The summed E-state index contributed by atoms with van der Waals surface area (Å²) < 4.78 is 26.8. The van der Waals surface area contributed by atoms with Gasteiger partial charge in [-0.25, -0.2) is 12.7 Å². The van der Waals surface area contributed by atoms with Gasteiger partial charge in [-0.15, -0.1) is 0 Å². The summed E-state index contributed by atoms with van der Waals surface area (Å²) in [5.41, 5.74) is 3.33. The minimum absolute atomic E-state index is 0.0175. The Kier molecular flexibility index (Phi) is 7.45. The predicted molar refractivity (Wildman–Crippen MR) is 116 cm³/mol. The summed E-state index contributed by atoms with van der Waals surface area (Å²) in [5.74, 6) is -0.0320. The number of hydrogen-bond donors (Lipinski definition) is 1. The second-order valence-corrected chi connectivity index (χ2v) is 9.77. The van der Waals surface area contributed by atoms with Crippen LogP contribution in [0.5, 0.6) is 0 Å². The van der Waals surface area contributed by atoms with E-state index in [1.807, 2.05) is 30.3 Å². The summed E-state index contributed by atoms with van der Waals surface area (Å²) in [6.45, 7) is 3.56. The topological polar surface area (TPSA) is 66.5 Å². The van der Waals surface area contributed by atoms with Gasteiger partial charge in [0.05, 0.1) is 5.75 Å². The van der Waals surface area contributed by atoms with E-state index in [9.17, 15) is 13.2 Å². The lowest BCUT2D eigenvalue weighted by Gasteiger charge is -2.30. The molecule has 1 N–H and O–H groups in total. The Labute approximate surface area is 174 Å². The van der Waals surface area contributed by atoms with E-state index in [0.717, 1.165) is 18.4 Å². The summed E-state index contributed by atoms with van der Waals surface area (Å²) in [4.78, 5) is 12.4. The predicted octanol–water partition coefficient (Wildman–Crippen LogP) is 3.29. The van der Waals surface area contributed by atoms with Crippen molar-refractivity contribution < 1.29 is 13.2 Å². The van der Waals surface area contributed by atoms with Crippen LogP contribution >= 0.6 is 0 Å². The summed E-state index contributed by atoms with van der Waals surface area (Å²) in [6.07, 6.45) is 3.01. The van der Waals surface area contributed by atoms with Gasteiger partial charge in [-0.1, -0.05) is 60.2 Å². The summed E-state index contributed by atoms with van der Waals surface area (Å²) in [5, 5.41) is 3.02. The molecule has 6 heteroatoms. The number of hydrogen-bond acceptors (Lipinski definition) is 3. The third-order valence-electron chi connectivity index (χ3n) is 5.43. The Morgan fingerprint density at radius 2 is 1.72 bits per heavy atom. The fourth-order valence-electron chi connectivity index (χ4n) is 3.79. The average Bonchev–Trinajstić information content (AvgIpc) is 2.72. The molecule has 2 aromatic rings. The number of carbonyl (C=O) groups excluding carboxylic acids is 1. The van der Waals surface area contributed by atoms with Gasteiger partial charge in [-0.05, 0) is 43.7 Å². The van der Waals surface area contributed by atoms with Crippen molar-refractivity contribution in [2.45, 2.75) is 38.4 Å². The van der Waals surface area contributed by atoms with Gasteiger partial charge in [0.25, 0.3) is 0 Å². The van der Waals surface area contributed by atoms with Crippen molar-refractivity contribution in [3.63, 3.8) is 0 Å². The third kappa shape index (κ3) is 6.41. The minimum atomic E-state index is -3.34. The zero-order valence-corrected chi connectivity index (χ0v) is 17.8. The van der Waals surface area contributed by atoms with E-state index in [0.29, 0.717) is 32.5 Å². The van der Waals surface area contributed by atoms with Crippen LogP contribution in [0.3, 0.4) is 0 Å². The van der Waals surface area contributed by atoms with E-state index < -0.39 is 10.0 Å². The molecule has 0 bridgehead atoms. The number of nitrogens with one attached hydrogen (secondary N) is 1. The van der Waals surface area contributed by atoms with Gasteiger partial charge >= 0.3 is 0 Å². The molecule has 2 aromatic carbocycles. The largest absolute Gasteiger partial charge is 0.356 e. The lowest BCUT2D eigenvalue weighted by atomic mass is 9.97. The zero-order valence-electron chi connectivity index (χ0n) is 17.0. The maximum absolute atomic E-state index is 12.6. The highest BCUT2D eigenvalue weighted by atomic mass is 32.2. The average molecular weight is 415 g/mol. The van der Waals surface area contributed by atoms with Gasteiger partial charge in [0.15, 0.2) is 0 Å². The molecule has 0 spiro atoms. The standard InChI is InChI=1S/C23H30N2O3S/c1-19-7-5-10-20(17-19)11-6-14-24-23(26)22-12-15-25(16-13-22)29(27,28)18-21-8-3-2-4-9-21/h2-5,7-10,17,22H,6,11-16,18H2,1H3,(H,24,26). The third-order valence-corrected chi connectivity index (χ3v) is 7.28. The number of carbonyl (C=O) groups is 1. The van der Waals surface area contributed by atoms with Crippen LogP contribution in [0.25, 0.3) is 0 Å². The Hall–Kier alpha value is -2.18. The van der Waals surface area contributed by atoms with Crippen LogP contribution < -0.4 is 5.32 Å². The Morgan fingerprint density at radius 1 is 1.03 bits per heavy atom. The molecule has 3 rings (SSSR count). The molecule has 1 fully saturated rings. The smallest absolute Gasteiger partial charge is 0.223 e. The van der Waals surface area contributed by atoms with Crippen molar-refractivity contribution >= 4 is 15.9 Å². The molecule has 1 aliphatic rings. The molecule has 0 unspecified atom stereocenters.